The molecule has 1 rings (SSSR count). The van der Waals surface area contributed by atoms with Crippen molar-refractivity contribution >= 4 is 11.7 Å². The lowest BCUT2D eigenvalue weighted by molar-refractivity contribution is -0.142. The third kappa shape index (κ3) is 2.83. The van der Waals surface area contributed by atoms with Crippen molar-refractivity contribution in [1.82, 2.24) is 9.80 Å². The molecule has 3 N–H and O–H groups in total. The minimum Gasteiger partial charge on any atom is -0.409 e. The molecule has 0 aliphatic carbocycles. The summed E-state index contributed by atoms with van der Waals surface area (Å²) < 4.78 is 0. The van der Waals surface area contributed by atoms with Crippen LogP contribution >= 0.6 is 0 Å². The number of hydrogen-bond acceptors (Lipinski definition) is 4. The summed E-state index contributed by atoms with van der Waals surface area (Å²) in [6, 6.07) is 0.613. The number of amidine groups is 1. The van der Waals surface area contributed by atoms with Crippen molar-refractivity contribution in [3.8, 4) is 0 Å². The van der Waals surface area contributed by atoms with E-state index >= 15 is 0 Å². The molecule has 6 heteroatoms. The molecule has 6 nitrogen and oxygen atoms in total. The van der Waals surface area contributed by atoms with E-state index in [1.807, 2.05) is 11.8 Å². The molecule has 3 unspecified atom stereocenters. The molecule has 1 aliphatic rings. The van der Waals surface area contributed by atoms with Crippen LogP contribution in [0.1, 0.15) is 34.1 Å². The lowest BCUT2D eigenvalue weighted by atomic mass is 9.84. The SMILES string of the molecule is CCC(C)(C(=O)N1CC(C)N(C)C(C)C1)C(N)=NO. The summed E-state index contributed by atoms with van der Waals surface area (Å²) in [5, 5.41) is 11.9. The van der Waals surface area contributed by atoms with Crippen LogP contribution < -0.4 is 5.73 Å². The quantitative estimate of drug-likeness (QED) is 0.342. The molecule has 0 bridgehead atoms. The Kier molecular flexibility index (Phi) is 4.79. The Bertz CT molecular complexity index is 360. The lowest BCUT2D eigenvalue weighted by Gasteiger charge is -2.44. The van der Waals surface area contributed by atoms with Crippen molar-refractivity contribution < 1.29 is 10.0 Å². The van der Waals surface area contributed by atoms with E-state index in [0.29, 0.717) is 31.6 Å². The van der Waals surface area contributed by atoms with Gasteiger partial charge in [-0.2, -0.15) is 0 Å². The number of rotatable bonds is 3. The number of hydrogen-bond donors (Lipinski definition) is 2. The largest absolute Gasteiger partial charge is 0.409 e. The van der Waals surface area contributed by atoms with Crippen LogP contribution in [-0.2, 0) is 4.79 Å². The number of carbonyl (C=O) groups excluding carboxylic acids is 1. The van der Waals surface area contributed by atoms with Crippen molar-refractivity contribution in [2.45, 2.75) is 46.2 Å². The topological polar surface area (TPSA) is 82.2 Å². The van der Waals surface area contributed by atoms with E-state index in [4.69, 9.17) is 10.9 Å². The van der Waals surface area contributed by atoms with Gasteiger partial charge in [-0.1, -0.05) is 12.1 Å². The van der Waals surface area contributed by atoms with E-state index in [1.54, 1.807) is 6.92 Å². The van der Waals surface area contributed by atoms with Gasteiger partial charge < -0.3 is 15.8 Å². The van der Waals surface area contributed by atoms with E-state index in [0.717, 1.165) is 0 Å². The van der Waals surface area contributed by atoms with E-state index in [1.165, 1.54) is 0 Å². The molecule has 1 heterocycles. The maximum Gasteiger partial charge on any atom is 0.236 e. The molecule has 1 saturated heterocycles. The van der Waals surface area contributed by atoms with Crippen LogP contribution in [0.4, 0.5) is 0 Å². The molecule has 19 heavy (non-hydrogen) atoms. The molecular formula is C13H26N4O2. The summed E-state index contributed by atoms with van der Waals surface area (Å²) in [5.74, 6) is -0.0728. The summed E-state index contributed by atoms with van der Waals surface area (Å²) in [5.41, 5.74) is 4.78. The summed E-state index contributed by atoms with van der Waals surface area (Å²) in [6.07, 6.45) is 0.511. The Hall–Kier alpha value is -1.30. The van der Waals surface area contributed by atoms with Gasteiger partial charge in [0.25, 0.3) is 0 Å². The van der Waals surface area contributed by atoms with Crippen molar-refractivity contribution in [2.24, 2.45) is 16.3 Å². The minimum absolute atomic E-state index is 0.0146. The fourth-order valence-corrected chi connectivity index (χ4v) is 2.47. The maximum absolute atomic E-state index is 12.7. The molecule has 0 aromatic carbocycles. The molecule has 0 spiro atoms. The summed E-state index contributed by atoms with van der Waals surface area (Å²) in [6.45, 7) is 9.16. The Morgan fingerprint density at radius 3 is 2.26 bits per heavy atom. The number of likely N-dealkylation sites (N-methyl/N-ethyl adjacent to an activating group) is 1. The standard InChI is InChI=1S/C13H26N4O2/c1-6-13(4,11(14)15-19)12(18)17-7-9(2)16(5)10(3)8-17/h9-10,19H,6-8H2,1-5H3,(H2,14,15). The van der Waals surface area contributed by atoms with E-state index < -0.39 is 5.41 Å². The average molecular weight is 270 g/mol. The van der Waals surface area contributed by atoms with Crippen molar-refractivity contribution in [2.75, 3.05) is 20.1 Å². The Balaban J connectivity index is 2.94. The van der Waals surface area contributed by atoms with Crippen LogP contribution in [0.5, 0.6) is 0 Å². The third-order valence-corrected chi connectivity index (χ3v) is 4.50. The number of oxime groups is 1. The highest BCUT2D eigenvalue weighted by molar-refractivity contribution is 6.06. The summed E-state index contributed by atoms with van der Waals surface area (Å²) in [7, 11) is 2.07. The van der Waals surface area contributed by atoms with Crippen molar-refractivity contribution in [3.05, 3.63) is 0 Å². The van der Waals surface area contributed by atoms with Crippen LogP contribution in [0.25, 0.3) is 0 Å². The molecule has 0 radical (unpaired) electrons. The van der Waals surface area contributed by atoms with E-state index in [9.17, 15) is 4.79 Å². The highest BCUT2D eigenvalue weighted by atomic mass is 16.4. The van der Waals surface area contributed by atoms with Crippen molar-refractivity contribution in [1.29, 1.82) is 0 Å². The zero-order chi connectivity index (χ0) is 14.8. The van der Waals surface area contributed by atoms with Crippen LogP contribution in [0.3, 0.4) is 0 Å². The first kappa shape index (κ1) is 15.8. The highest BCUT2D eigenvalue weighted by Gasteiger charge is 2.42. The number of carbonyl (C=O) groups is 1. The first-order valence-electron chi connectivity index (χ1n) is 6.77. The highest BCUT2D eigenvalue weighted by Crippen LogP contribution is 2.27. The van der Waals surface area contributed by atoms with Gasteiger partial charge in [0, 0.05) is 25.2 Å². The van der Waals surface area contributed by atoms with Crippen LogP contribution in [0.15, 0.2) is 5.16 Å². The second-order valence-electron chi connectivity index (χ2n) is 5.74. The van der Waals surface area contributed by atoms with Gasteiger partial charge in [-0.05, 0) is 34.2 Å². The van der Waals surface area contributed by atoms with Crippen molar-refractivity contribution in [3.63, 3.8) is 0 Å². The average Bonchev–Trinajstić information content (AvgIpc) is 2.41. The van der Waals surface area contributed by atoms with Gasteiger partial charge in [0.15, 0.2) is 5.84 Å². The number of nitrogens with zero attached hydrogens (tertiary/aromatic N) is 3. The molecule has 1 fully saturated rings. The van der Waals surface area contributed by atoms with Gasteiger partial charge in [-0.15, -0.1) is 0 Å². The normalized spacial score (nSPS) is 29.1. The second kappa shape index (κ2) is 5.77. The zero-order valence-electron chi connectivity index (χ0n) is 12.6. The number of piperazine rings is 1. The second-order valence-corrected chi connectivity index (χ2v) is 5.74. The lowest BCUT2D eigenvalue weighted by Crippen LogP contribution is -2.60. The molecular weight excluding hydrogens is 244 g/mol. The van der Waals surface area contributed by atoms with Gasteiger partial charge in [0.05, 0.1) is 0 Å². The van der Waals surface area contributed by atoms with Gasteiger partial charge in [0.2, 0.25) is 5.91 Å². The zero-order valence-corrected chi connectivity index (χ0v) is 12.6. The molecule has 1 aliphatic heterocycles. The fourth-order valence-electron chi connectivity index (χ4n) is 2.47. The summed E-state index contributed by atoms with van der Waals surface area (Å²) in [4.78, 5) is 16.8. The van der Waals surface area contributed by atoms with Crippen LogP contribution in [-0.4, -0.2) is 59.0 Å². The first-order chi connectivity index (χ1) is 8.77. The predicted octanol–water partition coefficient (Wildman–Crippen LogP) is 0.700. The Morgan fingerprint density at radius 1 is 1.42 bits per heavy atom. The summed E-state index contributed by atoms with van der Waals surface area (Å²) >= 11 is 0. The van der Waals surface area contributed by atoms with Crippen LogP contribution in [0.2, 0.25) is 0 Å². The molecule has 1 amide bonds. The van der Waals surface area contributed by atoms with Gasteiger partial charge in [0.1, 0.15) is 5.41 Å². The molecule has 0 aromatic rings. The van der Waals surface area contributed by atoms with E-state index in [2.05, 4.69) is 31.0 Å². The minimum atomic E-state index is -0.926. The fraction of sp³-hybridized carbons (Fsp3) is 0.846. The third-order valence-electron chi connectivity index (χ3n) is 4.50. The Labute approximate surface area is 115 Å². The van der Waals surface area contributed by atoms with Crippen LogP contribution in [0, 0.1) is 5.41 Å². The van der Waals surface area contributed by atoms with Gasteiger partial charge in [-0.25, -0.2) is 0 Å². The maximum atomic E-state index is 12.7. The molecule has 0 aromatic heterocycles. The number of nitrogens with two attached hydrogens (primary N) is 1. The van der Waals surface area contributed by atoms with E-state index in [-0.39, 0.29) is 11.7 Å². The van der Waals surface area contributed by atoms with Gasteiger partial charge >= 0.3 is 0 Å². The molecule has 110 valence electrons. The molecule has 3 atom stereocenters. The van der Waals surface area contributed by atoms with Gasteiger partial charge in [-0.3, -0.25) is 9.69 Å². The first-order valence-corrected chi connectivity index (χ1v) is 6.77. The molecule has 0 saturated carbocycles. The monoisotopic (exact) mass is 270 g/mol. The Morgan fingerprint density at radius 2 is 1.89 bits per heavy atom. The number of amides is 1. The smallest absolute Gasteiger partial charge is 0.236 e. The predicted molar refractivity (Wildman–Crippen MR) is 75.1 cm³/mol.